The van der Waals surface area contributed by atoms with E-state index in [1.54, 1.807) is 6.21 Å². The molecule has 0 saturated heterocycles. The Morgan fingerprint density at radius 2 is 2.25 bits per heavy atom. The van der Waals surface area contributed by atoms with E-state index in [1.165, 1.54) is 0 Å². The summed E-state index contributed by atoms with van der Waals surface area (Å²) >= 11 is -2.02. The van der Waals surface area contributed by atoms with Crippen molar-refractivity contribution in [3.63, 3.8) is 0 Å². The molecule has 0 unspecified atom stereocenters. The predicted octanol–water partition coefficient (Wildman–Crippen LogP) is 1.57. The first-order valence-corrected chi connectivity index (χ1v) is 13.8. The third-order valence-corrected chi connectivity index (χ3v) is 7.44. The molecule has 4 heteroatoms. The molecule has 0 radical (unpaired) electrons. The third kappa shape index (κ3) is 2.24. The minimum absolute atomic E-state index is 0.674. The molecule has 0 aliphatic carbocycles. The van der Waals surface area contributed by atoms with Gasteiger partial charge in [-0.05, 0) is 0 Å². The van der Waals surface area contributed by atoms with Crippen LogP contribution in [0.3, 0.4) is 0 Å². The van der Waals surface area contributed by atoms with Crippen LogP contribution in [0.2, 0.25) is 14.8 Å². The summed E-state index contributed by atoms with van der Waals surface area (Å²) in [6, 6.07) is 2.11. The first-order valence-electron chi connectivity index (χ1n) is 3.92. The molecule has 3 nitrogen and oxygen atoms in total. The quantitative estimate of drug-likeness (QED) is 0.678. The van der Waals surface area contributed by atoms with E-state index < -0.39 is 18.7 Å². The zero-order chi connectivity index (χ0) is 9.19. The second-order valence-electron chi connectivity index (χ2n) is 3.79. The van der Waals surface area contributed by atoms with Crippen molar-refractivity contribution in [2.75, 3.05) is 6.67 Å². The van der Waals surface area contributed by atoms with Crippen molar-refractivity contribution in [3.05, 3.63) is 11.8 Å². The fourth-order valence-electron chi connectivity index (χ4n) is 0.933. The van der Waals surface area contributed by atoms with Gasteiger partial charge in [0.1, 0.15) is 0 Å². The molecule has 12 heavy (non-hydrogen) atoms. The molecule has 1 rings (SSSR count). The summed E-state index contributed by atoms with van der Waals surface area (Å²) in [7, 11) is 0. The standard InChI is InChI=1S/C5H4N3.3CH3.Sn/c6-1-5-2-7-4-8-3-5;;;;/h2-3H,4H2;3*1H3;/q-1;;;;+1. The monoisotopic (exact) mass is 271 g/mol. The molecule has 0 amide bonds. The van der Waals surface area contributed by atoms with E-state index in [1.807, 2.05) is 6.20 Å². The van der Waals surface area contributed by atoms with Crippen molar-refractivity contribution in [1.82, 2.24) is 3.12 Å². The average Bonchev–Trinajstić information content (AvgIpc) is 2.03. The van der Waals surface area contributed by atoms with E-state index in [9.17, 15) is 0 Å². The van der Waals surface area contributed by atoms with Crippen molar-refractivity contribution in [3.8, 4) is 6.07 Å². The number of hydrogen-bond donors (Lipinski definition) is 0. The first-order chi connectivity index (χ1) is 5.54. The number of hydrogen-bond acceptors (Lipinski definition) is 3. The van der Waals surface area contributed by atoms with Crippen LogP contribution < -0.4 is 0 Å². The van der Waals surface area contributed by atoms with Crippen LogP contribution >= 0.6 is 0 Å². The topological polar surface area (TPSA) is 39.4 Å². The van der Waals surface area contributed by atoms with Crippen molar-refractivity contribution in [2.45, 2.75) is 14.8 Å². The van der Waals surface area contributed by atoms with Gasteiger partial charge in [0, 0.05) is 0 Å². The van der Waals surface area contributed by atoms with Crippen molar-refractivity contribution >= 4 is 24.9 Å². The Morgan fingerprint density at radius 1 is 1.58 bits per heavy atom. The molecule has 0 saturated carbocycles. The Morgan fingerprint density at radius 3 is 2.75 bits per heavy atom. The Labute approximate surface area is 77.6 Å². The number of rotatable bonds is 1. The third-order valence-electron chi connectivity index (χ3n) is 1.75. The Hall–Kier alpha value is -0.501. The molecule has 64 valence electrons. The molecule has 0 N–H and O–H groups in total. The van der Waals surface area contributed by atoms with E-state index >= 15 is 0 Å². The fourth-order valence-corrected chi connectivity index (χ4v) is 3.88. The molecule has 0 aromatic carbocycles. The van der Waals surface area contributed by atoms with Gasteiger partial charge in [-0.2, -0.15) is 0 Å². The molecule has 0 bridgehead atoms. The Kier molecular flexibility index (Phi) is 2.78. The number of allylic oxidation sites excluding steroid dienone is 1. The zero-order valence-corrected chi connectivity index (χ0v) is 10.6. The van der Waals surface area contributed by atoms with E-state index in [-0.39, 0.29) is 0 Å². The van der Waals surface area contributed by atoms with E-state index in [2.05, 4.69) is 29.0 Å². The molecule has 0 aromatic heterocycles. The maximum absolute atomic E-state index is 8.66. The summed E-state index contributed by atoms with van der Waals surface area (Å²) in [5.74, 6) is 0. The van der Waals surface area contributed by atoms with Gasteiger partial charge in [0.15, 0.2) is 0 Å². The van der Waals surface area contributed by atoms with Gasteiger partial charge in [-0.1, -0.05) is 0 Å². The van der Waals surface area contributed by atoms with Crippen LogP contribution in [0.1, 0.15) is 0 Å². The average molecular weight is 270 g/mol. The maximum atomic E-state index is 8.66. The van der Waals surface area contributed by atoms with Gasteiger partial charge >= 0.3 is 77.6 Å². The van der Waals surface area contributed by atoms with Crippen LogP contribution in [0.15, 0.2) is 16.8 Å². The molecule has 1 aliphatic rings. The van der Waals surface area contributed by atoms with Gasteiger partial charge in [0.25, 0.3) is 0 Å². The van der Waals surface area contributed by atoms with Crippen LogP contribution in [-0.4, -0.2) is 34.7 Å². The van der Waals surface area contributed by atoms with Crippen LogP contribution in [-0.2, 0) is 0 Å². The van der Waals surface area contributed by atoms with Crippen LogP contribution in [0.5, 0.6) is 0 Å². The minimum atomic E-state index is -2.02. The van der Waals surface area contributed by atoms with Gasteiger partial charge in [-0.25, -0.2) is 0 Å². The van der Waals surface area contributed by atoms with Crippen LogP contribution in [0.25, 0.3) is 0 Å². The van der Waals surface area contributed by atoms with Gasteiger partial charge in [0.05, 0.1) is 0 Å². The van der Waals surface area contributed by atoms with E-state index in [0.717, 1.165) is 6.67 Å². The summed E-state index contributed by atoms with van der Waals surface area (Å²) in [5.41, 5.74) is 0.674. The van der Waals surface area contributed by atoms with Crippen molar-refractivity contribution < 1.29 is 0 Å². The molecule has 1 aliphatic heterocycles. The van der Waals surface area contributed by atoms with Gasteiger partial charge in [-0.3, -0.25) is 0 Å². The molecule has 0 atom stereocenters. The normalized spacial score (nSPS) is 17.2. The van der Waals surface area contributed by atoms with Crippen LogP contribution in [0, 0.1) is 11.3 Å². The number of nitrogens with zero attached hydrogens (tertiary/aromatic N) is 3. The molecule has 0 spiro atoms. The molecule has 1 heterocycles. The fraction of sp³-hybridized carbons (Fsp3) is 0.500. The predicted molar refractivity (Wildman–Crippen MR) is 52.2 cm³/mol. The van der Waals surface area contributed by atoms with Crippen LogP contribution in [0.4, 0.5) is 0 Å². The summed E-state index contributed by atoms with van der Waals surface area (Å²) < 4.78 is 2.26. The zero-order valence-electron chi connectivity index (χ0n) is 7.70. The molecular formula is C8H13N3Sn. The Bertz CT molecular complexity index is 267. The Balaban J connectivity index is 2.81. The van der Waals surface area contributed by atoms with Gasteiger partial charge < -0.3 is 0 Å². The summed E-state index contributed by atoms with van der Waals surface area (Å²) in [4.78, 5) is 11.1. The number of aliphatic imine (C=N–C) groups is 1. The SMILES string of the molecule is [CH3][Sn]([CH3])([CH3])[N]1C=C(C#N)C=NC1. The van der Waals surface area contributed by atoms with Gasteiger partial charge in [-0.15, -0.1) is 0 Å². The van der Waals surface area contributed by atoms with E-state index in [0.29, 0.717) is 5.57 Å². The molecule has 0 fully saturated rings. The van der Waals surface area contributed by atoms with Gasteiger partial charge in [0.2, 0.25) is 0 Å². The molecular weight excluding hydrogens is 257 g/mol. The second-order valence-corrected chi connectivity index (χ2v) is 17.8. The first kappa shape index (κ1) is 9.59. The summed E-state index contributed by atoms with van der Waals surface area (Å²) in [6.07, 6.45) is 3.59. The molecule has 0 aromatic rings. The van der Waals surface area contributed by atoms with Crippen molar-refractivity contribution in [1.29, 1.82) is 5.26 Å². The van der Waals surface area contributed by atoms with Crippen molar-refractivity contribution in [2.24, 2.45) is 4.99 Å². The summed E-state index contributed by atoms with van der Waals surface area (Å²) in [5, 5.41) is 8.66. The van der Waals surface area contributed by atoms with E-state index in [4.69, 9.17) is 5.26 Å². The summed E-state index contributed by atoms with van der Waals surface area (Å²) in [6.45, 7) is 0.741. The number of nitriles is 1. The second kappa shape index (κ2) is 3.48.